The van der Waals surface area contributed by atoms with E-state index in [4.69, 9.17) is 14.2 Å². The van der Waals surface area contributed by atoms with E-state index in [9.17, 15) is 0 Å². The Balaban J connectivity index is 2.05. The quantitative estimate of drug-likeness (QED) is 0.661. The molecule has 0 N–H and O–H groups in total. The van der Waals surface area contributed by atoms with Crippen molar-refractivity contribution >= 4 is 0 Å². The molecule has 80 valence electrons. The zero-order valence-electron chi connectivity index (χ0n) is 9.11. The Morgan fingerprint density at radius 3 is 2.87 bits per heavy atom. The minimum atomic E-state index is -0.232. The zero-order chi connectivity index (χ0) is 10.6. The molecular formula is C12H14O3. The predicted octanol–water partition coefficient (Wildman–Crippen LogP) is 2.31. The van der Waals surface area contributed by atoms with E-state index in [0.29, 0.717) is 0 Å². The number of epoxide rings is 1. The fraction of sp³-hybridized carbons (Fsp3) is 0.500. The van der Waals surface area contributed by atoms with Crippen molar-refractivity contribution in [3.63, 3.8) is 0 Å². The molecule has 0 spiro atoms. The maximum Gasteiger partial charge on any atom is 0.132 e. The molecule has 3 heteroatoms. The van der Waals surface area contributed by atoms with Crippen LogP contribution < -0.4 is 9.47 Å². The lowest BCUT2D eigenvalue weighted by Crippen LogP contribution is -2.37. The Morgan fingerprint density at radius 1 is 1.33 bits per heavy atom. The summed E-state index contributed by atoms with van der Waals surface area (Å²) in [5.41, 5.74) is 0.907. The van der Waals surface area contributed by atoms with E-state index in [0.717, 1.165) is 17.1 Å². The van der Waals surface area contributed by atoms with Gasteiger partial charge in [-0.15, -0.1) is 0 Å². The van der Waals surface area contributed by atoms with Crippen LogP contribution in [0.4, 0.5) is 0 Å². The van der Waals surface area contributed by atoms with Gasteiger partial charge in [-0.05, 0) is 26.0 Å². The van der Waals surface area contributed by atoms with Gasteiger partial charge in [0.25, 0.3) is 0 Å². The minimum absolute atomic E-state index is 0.207. The van der Waals surface area contributed by atoms with E-state index in [-0.39, 0.29) is 17.8 Å². The lowest BCUT2D eigenvalue weighted by atomic mass is 9.94. The topological polar surface area (TPSA) is 31.0 Å². The van der Waals surface area contributed by atoms with Crippen LogP contribution in [-0.2, 0) is 4.74 Å². The number of methoxy groups -OCH3 is 1. The lowest BCUT2D eigenvalue weighted by molar-refractivity contribution is 0.0723. The summed E-state index contributed by atoms with van der Waals surface area (Å²) in [5.74, 6) is 1.71. The second-order valence-electron chi connectivity index (χ2n) is 4.59. The van der Waals surface area contributed by atoms with Gasteiger partial charge in [-0.25, -0.2) is 0 Å². The Labute approximate surface area is 89.0 Å². The molecule has 3 rings (SSSR count). The molecule has 15 heavy (non-hydrogen) atoms. The van der Waals surface area contributed by atoms with E-state index in [1.165, 1.54) is 0 Å². The average Bonchev–Trinajstić information content (AvgIpc) is 2.96. The summed E-state index contributed by atoms with van der Waals surface area (Å²) in [5, 5.41) is 0. The van der Waals surface area contributed by atoms with Crippen LogP contribution in [0.5, 0.6) is 11.5 Å². The van der Waals surface area contributed by atoms with Gasteiger partial charge in [0.1, 0.15) is 29.3 Å². The molecule has 1 aromatic carbocycles. The molecule has 1 saturated heterocycles. The van der Waals surface area contributed by atoms with Gasteiger partial charge in [0.2, 0.25) is 0 Å². The van der Waals surface area contributed by atoms with Crippen molar-refractivity contribution in [1.29, 1.82) is 0 Å². The van der Waals surface area contributed by atoms with Gasteiger partial charge in [-0.2, -0.15) is 0 Å². The molecule has 2 unspecified atom stereocenters. The normalized spacial score (nSPS) is 29.8. The SMILES string of the molecule is COc1ccc2c(c1)OC(C)(C)C1OC21. The highest BCUT2D eigenvalue weighted by Gasteiger charge is 2.56. The summed E-state index contributed by atoms with van der Waals surface area (Å²) in [4.78, 5) is 0. The van der Waals surface area contributed by atoms with Gasteiger partial charge < -0.3 is 14.2 Å². The number of ether oxygens (including phenoxy) is 3. The largest absolute Gasteiger partial charge is 0.497 e. The summed E-state index contributed by atoms with van der Waals surface area (Å²) in [6.07, 6.45) is 0.424. The lowest BCUT2D eigenvalue weighted by Gasteiger charge is -2.29. The molecule has 0 amide bonds. The maximum absolute atomic E-state index is 5.91. The Kier molecular flexibility index (Phi) is 1.61. The van der Waals surface area contributed by atoms with Gasteiger partial charge in [0.15, 0.2) is 0 Å². The smallest absolute Gasteiger partial charge is 0.132 e. The second-order valence-corrected chi connectivity index (χ2v) is 4.59. The van der Waals surface area contributed by atoms with Crippen molar-refractivity contribution in [2.75, 3.05) is 7.11 Å². The predicted molar refractivity (Wildman–Crippen MR) is 55.3 cm³/mol. The number of hydrogen-bond acceptors (Lipinski definition) is 3. The van der Waals surface area contributed by atoms with Crippen molar-refractivity contribution in [3.8, 4) is 11.5 Å². The fourth-order valence-corrected chi connectivity index (χ4v) is 2.18. The molecule has 0 aliphatic carbocycles. The number of rotatable bonds is 1. The minimum Gasteiger partial charge on any atom is -0.497 e. The standard InChI is InChI=1S/C12H14O3/c1-12(2)11-10(14-11)8-5-4-7(13-3)6-9(8)15-12/h4-6,10-11H,1-3H3. The summed E-state index contributed by atoms with van der Waals surface area (Å²) < 4.78 is 16.7. The number of fused-ring (bicyclic) bond motifs is 3. The highest BCUT2D eigenvalue weighted by atomic mass is 16.6. The first-order valence-corrected chi connectivity index (χ1v) is 5.14. The highest BCUT2D eigenvalue weighted by molar-refractivity contribution is 5.46. The molecule has 0 bridgehead atoms. The third kappa shape index (κ3) is 1.23. The van der Waals surface area contributed by atoms with Gasteiger partial charge in [-0.1, -0.05) is 0 Å². The summed E-state index contributed by atoms with van der Waals surface area (Å²) >= 11 is 0. The number of hydrogen-bond donors (Lipinski definition) is 0. The first-order valence-electron chi connectivity index (χ1n) is 5.14. The first-order chi connectivity index (χ1) is 7.12. The molecular weight excluding hydrogens is 192 g/mol. The van der Waals surface area contributed by atoms with Gasteiger partial charge >= 0.3 is 0 Å². The molecule has 3 nitrogen and oxygen atoms in total. The fourth-order valence-electron chi connectivity index (χ4n) is 2.18. The molecule has 1 fully saturated rings. The van der Waals surface area contributed by atoms with E-state index in [1.807, 2.05) is 18.2 Å². The average molecular weight is 206 g/mol. The molecule has 0 saturated carbocycles. The number of benzene rings is 1. The van der Waals surface area contributed by atoms with E-state index in [1.54, 1.807) is 7.11 Å². The van der Waals surface area contributed by atoms with Crippen LogP contribution in [0, 0.1) is 0 Å². The first kappa shape index (κ1) is 9.04. The van der Waals surface area contributed by atoms with Crippen LogP contribution in [0.1, 0.15) is 25.5 Å². The van der Waals surface area contributed by atoms with Crippen LogP contribution in [0.25, 0.3) is 0 Å². The summed E-state index contributed by atoms with van der Waals surface area (Å²) in [6.45, 7) is 4.11. The van der Waals surface area contributed by atoms with Gasteiger partial charge in [0, 0.05) is 11.6 Å². The van der Waals surface area contributed by atoms with E-state index in [2.05, 4.69) is 13.8 Å². The van der Waals surface area contributed by atoms with Crippen LogP contribution in [-0.4, -0.2) is 18.8 Å². The van der Waals surface area contributed by atoms with Crippen molar-refractivity contribution in [3.05, 3.63) is 23.8 Å². The third-order valence-corrected chi connectivity index (χ3v) is 3.08. The molecule has 0 radical (unpaired) electrons. The van der Waals surface area contributed by atoms with E-state index < -0.39 is 0 Å². The molecule has 0 aromatic heterocycles. The van der Waals surface area contributed by atoms with Crippen molar-refractivity contribution in [1.82, 2.24) is 0 Å². The molecule has 2 aliphatic rings. The summed E-state index contributed by atoms with van der Waals surface area (Å²) in [7, 11) is 1.66. The Morgan fingerprint density at radius 2 is 2.13 bits per heavy atom. The highest BCUT2D eigenvalue weighted by Crippen LogP contribution is 2.54. The zero-order valence-corrected chi connectivity index (χ0v) is 9.11. The van der Waals surface area contributed by atoms with Crippen LogP contribution in [0.15, 0.2) is 18.2 Å². The van der Waals surface area contributed by atoms with Gasteiger partial charge in [-0.3, -0.25) is 0 Å². The molecule has 2 atom stereocenters. The molecule has 2 aliphatic heterocycles. The van der Waals surface area contributed by atoms with Crippen molar-refractivity contribution in [2.24, 2.45) is 0 Å². The van der Waals surface area contributed by atoms with Crippen LogP contribution in [0.2, 0.25) is 0 Å². The molecule has 2 heterocycles. The van der Waals surface area contributed by atoms with Crippen LogP contribution >= 0.6 is 0 Å². The van der Waals surface area contributed by atoms with Crippen LogP contribution in [0.3, 0.4) is 0 Å². The Bertz CT molecular complexity index is 411. The van der Waals surface area contributed by atoms with Crippen molar-refractivity contribution in [2.45, 2.75) is 31.7 Å². The van der Waals surface area contributed by atoms with Crippen molar-refractivity contribution < 1.29 is 14.2 Å². The summed E-state index contributed by atoms with van der Waals surface area (Å²) in [6, 6.07) is 5.89. The van der Waals surface area contributed by atoms with E-state index >= 15 is 0 Å². The third-order valence-electron chi connectivity index (χ3n) is 3.08. The van der Waals surface area contributed by atoms with Gasteiger partial charge in [0.05, 0.1) is 7.11 Å². The second kappa shape index (κ2) is 2.67. The Hall–Kier alpha value is -1.22. The maximum atomic E-state index is 5.91. The molecule has 1 aromatic rings. The monoisotopic (exact) mass is 206 g/mol.